The number of amides is 2. The Kier molecular flexibility index (Phi) is 12.6. The molecule has 0 saturated carbocycles. The number of benzene rings is 2. The molecule has 12 nitrogen and oxygen atoms in total. The van der Waals surface area contributed by atoms with Gasteiger partial charge < -0.3 is 26.6 Å². The molecular formula is C29H34ClN5O7S. The molecule has 14 heteroatoms. The summed E-state index contributed by atoms with van der Waals surface area (Å²) in [6.45, 7) is -0.480. The smallest absolute Gasteiger partial charge is 0.307 e. The molecule has 2 atom stereocenters. The number of nitrogens with two attached hydrogens (primary N) is 1. The fourth-order valence-corrected chi connectivity index (χ4v) is 5.79. The molecular weight excluding hydrogens is 598 g/mol. The molecule has 0 saturated heterocycles. The highest BCUT2D eigenvalue weighted by molar-refractivity contribution is 7.88. The normalized spacial score (nSPS) is 12.7. The van der Waals surface area contributed by atoms with Crippen molar-refractivity contribution in [3.05, 3.63) is 99.8 Å². The van der Waals surface area contributed by atoms with Gasteiger partial charge in [0.2, 0.25) is 21.8 Å². The third kappa shape index (κ3) is 11.0. The topological polar surface area (TPSA) is 201 Å². The molecule has 0 aliphatic heterocycles. The zero-order valence-corrected chi connectivity index (χ0v) is 24.8. The molecule has 0 radical (unpaired) electrons. The van der Waals surface area contributed by atoms with Crippen LogP contribution in [-0.4, -0.2) is 60.1 Å². The van der Waals surface area contributed by atoms with Gasteiger partial charge in [0.05, 0.1) is 18.8 Å². The molecule has 0 aliphatic carbocycles. The van der Waals surface area contributed by atoms with Crippen LogP contribution in [0, 0.1) is 0 Å². The van der Waals surface area contributed by atoms with Crippen molar-refractivity contribution in [1.82, 2.24) is 20.3 Å². The van der Waals surface area contributed by atoms with Gasteiger partial charge in [0, 0.05) is 30.0 Å². The Morgan fingerprint density at radius 2 is 1.67 bits per heavy atom. The van der Waals surface area contributed by atoms with E-state index in [0.29, 0.717) is 27.4 Å². The van der Waals surface area contributed by atoms with Gasteiger partial charge in [-0.15, -0.1) is 0 Å². The average molecular weight is 632 g/mol. The first-order valence-corrected chi connectivity index (χ1v) is 15.4. The van der Waals surface area contributed by atoms with Gasteiger partial charge in [0.1, 0.15) is 12.1 Å². The van der Waals surface area contributed by atoms with E-state index in [1.165, 1.54) is 24.3 Å². The lowest BCUT2D eigenvalue weighted by Gasteiger charge is -2.22. The Hall–Kier alpha value is -3.88. The largest absolute Gasteiger partial charge is 0.481 e. The number of nitrogens with one attached hydrogen (secondary N) is 3. The first-order chi connectivity index (χ1) is 20.5. The molecule has 0 bridgehead atoms. The molecule has 2 aromatic carbocycles. The van der Waals surface area contributed by atoms with Crippen LogP contribution in [0.2, 0.25) is 5.02 Å². The number of aryl methyl sites for hydroxylation is 1. The number of aromatic nitrogens is 1. The van der Waals surface area contributed by atoms with E-state index < -0.39 is 52.3 Å². The molecule has 7 N–H and O–H groups in total. The Balaban J connectivity index is 1.71. The minimum absolute atomic E-state index is 0.0156. The van der Waals surface area contributed by atoms with Gasteiger partial charge in [-0.05, 0) is 59.4 Å². The summed E-state index contributed by atoms with van der Waals surface area (Å²) in [7, 11) is -4.07. The maximum absolute atomic E-state index is 13.3. The van der Waals surface area contributed by atoms with Crippen molar-refractivity contribution in [2.45, 2.75) is 50.2 Å². The number of rotatable bonds is 16. The number of aliphatic hydroxyl groups is 1. The summed E-state index contributed by atoms with van der Waals surface area (Å²) in [6, 6.07) is 13.7. The van der Waals surface area contributed by atoms with Crippen molar-refractivity contribution in [2.24, 2.45) is 5.73 Å². The van der Waals surface area contributed by atoms with Crippen LogP contribution in [0.5, 0.6) is 0 Å². The maximum Gasteiger partial charge on any atom is 0.307 e. The number of sulfonamides is 1. The lowest BCUT2D eigenvalue weighted by atomic mass is 10.1. The third-order valence-electron chi connectivity index (χ3n) is 6.45. The predicted octanol–water partition coefficient (Wildman–Crippen LogP) is 1.04. The van der Waals surface area contributed by atoms with Crippen molar-refractivity contribution in [3.8, 4) is 0 Å². The molecule has 230 valence electrons. The molecule has 0 unspecified atom stereocenters. The van der Waals surface area contributed by atoms with Crippen LogP contribution in [-0.2, 0) is 56.1 Å². The summed E-state index contributed by atoms with van der Waals surface area (Å²) in [5.41, 5.74) is 8.70. The molecule has 1 aromatic heterocycles. The van der Waals surface area contributed by atoms with Gasteiger partial charge in [-0.25, -0.2) is 13.1 Å². The number of carboxylic acid groups (broad SMARTS) is 1. The summed E-state index contributed by atoms with van der Waals surface area (Å²) in [5.74, 6) is -2.98. The van der Waals surface area contributed by atoms with Crippen molar-refractivity contribution < 1.29 is 33.0 Å². The maximum atomic E-state index is 13.3. The van der Waals surface area contributed by atoms with E-state index >= 15 is 0 Å². The summed E-state index contributed by atoms with van der Waals surface area (Å²) in [5, 5.41) is 24.3. The molecule has 0 aliphatic rings. The van der Waals surface area contributed by atoms with Gasteiger partial charge in [0.15, 0.2) is 0 Å². The van der Waals surface area contributed by atoms with Crippen molar-refractivity contribution >= 4 is 39.4 Å². The van der Waals surface area contributed by atoms with E-state index in [2.05, 4.69) is 20.3 Å². The highest BCUT2D eigenvalue weighted by atomic mass is 35.5. The predicted molar refractivity (Wildman–Crippen MR) is 160 cm³/mol. The number of aliphatic hydroxyl groups excluding tert-OH is 1. The lowest BCUT2D eigenvalue weighted by molar-refractivity contribution is -0.136. The van der Waals surface area contributed by atoms with E-state index in [1.807, 2.05) is 0 Å². The lowest BCUT2D eigenvalue weighted by Crippen LogP contribution is -2.55. The number of hydrogen-bond acceptors (Lipinski definition) is 8. The highest BCUT2D eigenvalue weighted by Gasteiger charge is 2.29. The zero-order chi connectivity index (χ0) is 31.4. The molecule has 3 aromatic rings. The van der Waals surface area contributed by atoms with Gasteiger partial charge in [-0.1, -0.05) is 48.0 Å². The summed E-state index contributed by atoms with van der Waals surface area (Å²) < 4.78 is 28.6. The van der Waals surface area contributed by atoms with Gasteiger partial charge in [-0.2, -0.15) is 0 Å². The van der Waals surface area contributed by atoms with E-state index in [9.17, 15) is 27.9 Å². The van der Waals surface area contributed by atoms with Gasteiger partial charge in [0.25, 0.3) is 0 Å². The highest BCUT2D eigenvalue weighted by Crippen LogP contribution is 2.16. The van der Waals surface area contributed by atoms with Crippen LogP contribution >= 0.6 is 11.6 Å². The summed E-state index contributed by atoms with van der Waals surface area (Å²) >= 11 is 6.05. The molecule has 3 rings (SSSR count). The first kappa shape index (κ1) is 33.6. The number of carboxylic acids is 1. The monoisotopic (exact) mass is 631 g/mol. The average Bonchev–Trinajstić information content (AvgIpc) is 2.97. The Labute approximate surface area is 254 Å². The van der Waals surface area contributed by atoms with Crippen molar-refractivity contribution in [2.75, 3.05) is 6.61 Å². The number of nitrogens with zero attached hydrogens (tertiary/aromatic N) is 1. The number of carbonyl (C=O) groups is 3. The Bertz CT molecular complexity index is 1510. The minimum Gasteiger partial charge on any atom is -0.481 e. The Morgan fingerprint density at radius 1 is 0.953 bits per heavy atom. The van der Waals surface area contributed by atoms with Crippen LogP contribution in [0.3, 0.4) is 0 Å². The van der Waals surface area contributed by atoms with Gasteiger partial charge in [-0.3, -0.25) is 19.4 Å². The second kappa shape index (κ2) is 16.1. The second-order valence-corrected chi connectivity index (χ2v) is 11.9. The van der Waals surface area contributed by atoms with Gasteiger partial charge >= 0.3 is 5.97 Å². The molecule has 1 heterocycles. The molecule has 0 spiro atoms. The molecule has 0 fully saturated rings. The van der Waals surface area contributed by atoms with Crippen LogP contribution in [0.15, 0.2) is 66.9 Å². The van der Waals surface area contributed by atoms with Crippen molar-refractivity contribution in [3.63, 3.8) is 0 Å². The number of halogens is 1. The number of aliphatic carboxylic acids is 1. The second-order valence-electron chi connectivity index (χ2n) is 9.75. The van der Waals surface area contributed by atoms with E-state index in [-0.39, 0.29) is 32.4 Å². The zero-order valence-electron chi connectivity index (χ0n) is 23.2. The summed E-state index contributed by atoms with van der Waals surface area (Å²) in [4.78, 5) is 41.3. The van der Waals surface area contributed by atoms with Crippen molar-refractivity contribution in [1.29, 1.82) is 0 Å². The van der Waals surface area contributed by atoms with E-state index in [1.54, 1.807) is 42.6 Å². The number of hydrogen-bond donors (Lipinski definition) is 6. The SMILES string of the molecule is NCc1ccc(Cl)cc1CNC(=O)[C@H](CO)NC(=O)[C@@H](CCc1ccccn1)NS(=O)(=O)Cc1ccc(CC(=O)O)cc1. The standard InChI is InChI=1S/C29H34ClN5O7S/c30-23-9-8-21(15-31)22(14-23)16-33-28(39)26(17-36)34-29(40)25(11-10-24-3-1-2-12-32-24)35-43(41,42)18-20-6-4-19(5-7-20)13-27(37)38/h1-9,12,14,25-26,35-36H,10-11,13,15-18,31H2,(H,33,39)(H,34,40)(H,37,38)/t25-,26+/m1/s1. The van der Waals surface area contributed by atoms with Crippen LogP contribution in [0.25, 0.3) is 0 Å². The van der Waals surface area contributed by atoms with E-state index in [4.69, 9.17) is 22.4 Å². The molecule has 2 amide bonds. The van der Waals surface area contributed by atoms with E-state index in [0.717, 1.165) is 5.56 Å². The number of pyridine rings is 1. The van der Waals surface area contributed by atoms with Crippen LogP contribution in [0.1, 0.15) is 34.4 Å². The first-order valence-electron chi connectivity index (χ1n) is 13.4. The minimum atomic E-state index is -4.07. The number of carbonyl (C=O) groups excluding carboxylic acids is 2. The Morgan fingerprint density at radius 3 is 2.30 bits per heavy atom. The quantitative estimate of drug-likeness (QED) is 0.134. The molecule has 43 heavy (non-hydrogen) atoms. The fourth-order valence-electron chi connectivity index (χ4n) is 4.22. The third-order valence-corrected chi connectivity index (χ3v) is 8.04. The van der Waals surface area contributed by atoms with Crippen LogP contribution in [0.4, 0.5) is 0 Å². The summed E-state index contributed by atoms with van der Waals surface area (Å²) in [6.07, 6.45) is 1.64. The fraction of sp³-hybridized carbons (Fsp3) is 0.310. The van der Waals surface area contributed by atoms with Crippen LogP contribution < -0.4 is 21.1 Å².